The summed E-state index contributed by atoms with van der Waals surface area (Å²) in [6.45, 7) is 8.97. The molecule has 0 aromatic heterocycles. The molecule has 2 aromatic rings. The van der Waals surface area contributed by atoms with Crippen LogP contribution in [0.15, 0.2) is 42.5 Å². The Morgan fingerprint density at radius 2 is 1.48 bits per heavy atom. The summed E-state index contributed by atoms with van der Waals surface area (Å²) in [5.41, 5.74) is 5.23. The molecule has 2 aromatic carbocycles. The van der Waals surface area contributed by atoms with Crippen LogP contribution < -0.4 is 0 Å². The summed E-state index contributed by atoms with van der Waals surface area (Å²) in [5, 5.41) is 10.4. The molecular formula is C22H30O. The lowest BCUT2D eigenvalue weighted by Gasteiger charge is -2.33. The molecule has 124 valence electrons. The van der Waals surface area contributed by atoms with Gasteiger partial charge in [0.15, 0.2) is 0 Å². The second-order valence-corrected chi connectivity index (χ2v) is 6.65. The van der Waals surface area contributed by atoms with Gasteiger partial charge in [0.1, 0.15) is 5.75 Å². The fourth-order valence-electron chi connectivity index (χ4n) is 3.67. The number of phenols is 1. The molecule has 1 unspecified atom stereocenters. The van der Waals surface area contributed by atoms with Crippen molar-refractivity contribution in [3.05, 3.63) is 64.7 Å². The molecule has 0 radical (unpaired) electrons. The molecule has 23 heavy (non-hydrogen) atoms. The van der Waals surface area contributed by atoms with Crippen molar-refractivity contribution in [1.29, 1.82) is 0 Å². The van der Waals surface area contributed by atoms with E-state index >= 15 is 0 Å². The van der Waals surface area contributed by atoms with Crippen molar-refractivity contribution in [2.75, 3.05) is 0 Å². The molecule has 0 amide bonds. The molecule has 0 spiro atoms. The number of hydrogen-bond acceptors (Lipinski definition) is 1. The minimum Gasteiger partial charge on any atom is -0.508 e. The fraction of sp³-hybridized carbons (Fsp3) is 0.455. The summed E-state index contributed by atoms with van der Waals surface area (Å²) in [4.78, 5) is 0. The van der Waals surface area contributed by atoms with Crippen LogP contribution >= 0.6 is 0 Å². The van der Waals surface area contributed by atoms with E-state index < -0.39 is 0 Å². The predicted octanol–water partition coefficient (Wildman–Crippen LogP) is 6.01. The summed E-state index contributed by atoms with van der Waals surface area (Å²) >= 11 is 0. The quantitative estimate of drug-likeness (QED) is 0.663. The maximum atomic E-state index is 10.4. The third-order valence-corrected chi connectivity index (χ3v) is 5.09. The molecule has 0 heterocycles. The lowest BCUT2D eigenvalue weighted by atomic mass is 9.70. The van der Waals surface area contributed by atoms with E-state index in [2.05, 4.69) is 52.0 Å². The van der Waals surface area contributed by atoms with Gasteiger partial charge in [0.25, 0.3) is 0 Å². The highest BCUT2D eigenvalue weighted by Gasteiger charge is 2.31. The summed E-state index contributed by atoms with van der Waals surface area (Å²) in [6, 6.07) is 14.5. The van der Waals surface area contributed by atoms with Crippen LogP contribution in [-0.2, 0) is 18.3 Å². The van der Waals surface area contributed by atoms with E-state index in [0.717, 1.165) is 31.2 Å². The second kappa shape index (κ2) is 7.68. The summed E-state index contributed by atoms with van der Waals surface area (Å²) in [6.07, 6.45) is 5.52. The lowest BCUT2D eigenvalue weighted by molar-refractivity contribution is 0.440. The van der Waals surface area contributed by atoms with Crippen LogP contribution in [0.5, 0.6) is 5.75 Å². The first-order valence-electron chi connectivity index (χ1n) is 8.98. The van der Waals surface area contributed by atoms with E-state index in [1.54, 1.807) is 6.07 Å². The van der Waals surface area contributed by atoms with Crippen molar-refractivity contribution >= 4 is 0 Å². The van der Waals surface area contributed by atoms with E-state index in [-0.39, 0.29) is 5.41 Å². The molecule has 0 aliphatic rings. The third kappa shape index (κ3) is 3.44. The Balaban J connectivity index is 2.66. The van der Waals surface area contributed by atoms with Gasteiger partial charge in [-0.25, -0.2) is 0 Å². The van der Waals surface area contributed by atoms with E-state index in [4.69, 9.17) is 0 Å². The van der Waals surface area contributed by atoms with Gasteiger partial charge in [-0.15, -0.1) is 0 Å². The SMILES string of the molecule is CCCc1cccc(C(C)(CC)c2ccccc2O)c1CCC. The Hall–Kier alpha value is -1.76. The fourth-order valence-corrected chi connectivity index (χ4v) is 3.67. The van der Waals surface area contributed by atoms with Gasteiger partial charge in [-0.1, -0.05) is 76.9 Å². The van der Waals surface area contributed by atoms with Gasteiger partial charge in [-0.05, 0) is 42.0 Å². The number of aromatic hydroxyl groups is 1. The Labute approximate surface area is 141 Å². The van der Waals surface area contributed by atoms with Gasteiger partial charge < -0.3 is 5.11 Å². The van der Waals surface area contributed by atoms with Gasteiger partial charge in [-0.3, -0.25) is 0 Å². The topological polar surface area (TPSA) is 20.2 Å². The standard InChI is InChI=1S/C22H30O/c1-5-11-17-13-10-15-19(18(17)12-6-2)22(4,7-3)20-14-8-9-16-21(20)23/h8-10,13-16,23H,5-7,11-12H2,1-4H3. The highest BCUT2D eigenvalue weighted by Crippen LogP contribution is 2.42. The van der Waals surface area contributed by atoms with Crippen LogP contribution in [0.4, 0.5) is 0 Å². The maximum absolute atomic E-state index is 10.4. The van der Waals surface area contributed by atoms with Gasteiger partial charge in [0, 0.05) is 11.0 Å². The molecule has 0 aliphatic heterocycles. The first-order valence-corrected chi connectivity index (χ1v) is 8.98. The van der Waals surface area contributed by atoms with E-state index in [1.165, 1.54) is 23.1 Å². The average molecular weight is 310 g/mol. The number of benzene rings is 2. The molecule has 0 fully saturated rings. The third-order valence-electron chi connectivity index (χ3n) is 5.09. The van der Waals surface area contributed by atoms with Crippen LogP contribution in [0.3, 0.4) is 0 Å². The molecule has 1 atom stereocenters. The highest BCUT2D eigenvalue weighted by molar-refractivity contribution is 5.50. The summed E-state index contributed by atoms with van der Waals surface area (Å²) in [7, 11) is 0. The minimum absolute atomic E-state index is 0.153. The molecule has 0 aliphatic carbocycles. The van der Waals surface area contributed by atoms with Crippen molar-refractivity contribution in [3.63, 3.8) is 0 Å². The smallest absolute Gasteiger partial charge is 0.119 e. The van der Waals surface area contributed by atoms with Crippen LogP contribution in [-0.4, -0.2) is 5.11 Å². The van der Waals surface area contributed by atoms with Gasteiger partial charge in [0.2, 0.25) is 0 Å². The molecule has 1 N–H and O–H groups in total. The average Bonchev–Trinajstić information content (AvgIpc) is 2.56. The van der Waals surface area contributed by atoms with Crippen molar-refractivity contribution in [2.24, 2.45) is 0 Å². The largest absolute Gasteiger partial charge is 0.508 e. The highest BCUT2D eigenvalue weighted by atomic mass is 16.3. The minimum atomic E-state index is -0.153. The molecule has 2 rings (SSSR count). The molecule has 0 bridgehead atoms. The molecule has 1 nitrogen and oxygen atoms in total. The molecule has 0 saturated carbocycles. The second-order valence-electron chi connectivity index (χ2n) is 6.65. The van der Waals surface area contributed by atoms with Gasteiger partial charge >= 0.3 is 0 Å². The van der Waals surface area contributed by atoms with E-state index in [9.17, 15) is 5.11 Å². The predicted molar refractivity (Wildman–Crippen MR) is 99.3 cm³/mol. The summed E-state index contributed by atoms with van der Waals surface area (Å²) < 4.78 is 0. The van der Waals surface area contributed by atoms with Crippen molar-refractivity contribution in [1.82, 2.24) is 0 Å². The van der Waals surface area contributed by atoms with Crippen LogP contribution in [0.2, 0.25) is 0 Å². The van der Waals surface area contributed by atoms with Crippen molar-refractivity contribution in [2.45, 2.75) is 65.2 Å². The lowest BCUT2D eigenvalue weighted by Crippen LogP contribution is -2.25. The van der Waals surface area contributed by atoms with Crippen LogP contribution in [0, 0.1) is 0 Å². The zero-order valence-electron chi connectivity index (χ0n) is 15.0. The normalized spacial score (nSPS) is 13.7. The number of phenolic OH excluding ortho intramolecular Hbond substituents is 1. The number of para-hydroxylation sites is 1. The number of rotatable bonds is 7. The van der Waals surface area contributed by atoms with Crippen molar-refractivity contribution in [3.8, 4) is 5.75 Å². The number of hydrogen-bond donors (Lipinski definition) is 1. The van der Waals surface area contributed by atoms with Crippen LogP contribution in [0.1, 0.15) is 69.2 Å². The Kier molecular flexibility index (Phi) is 5.87. The Morgan fingerprint density at radius 3 is 2.09 bits per heavy atom. The molecule has 1 heteroatoms. The van der Waals surface area contributed by atoms with E-state index in [1.807, 2.05) is 12.1 Å². The van der Waals surface area contributed by atoms with E-state index in [0.29, 0.717) is 5.75 Å². The monoisotopic (exact) mass is 310 g/mol. The van der Waals surface area contributed by atoms with Gasteiger partial charge in [-0.2, -0.15) is 0 Å². The van der Waals surface area contributed by atoms with Crippen LogP contribution in [0.25, 0.3) is 0 Å². The molecule has 0 saturated heterocycles. The number of aryl methyl sites for hydroxylation is 1. The summed E-state index contributed by atoms with van der Waals surface area (Å²) in [5.74, 6) is 0.403. The first-order chi connectivity index (χ1) is 11.1. The Bertz CT molecular complexity index is 644. The van der Waals surface area contributed by atoms with Crippen molar-refractivity contribution < 1.29 is 5.11 Å². The first kappa shape index (κ1) is 17.6. The van der Waals surface area contributed by atoms with Gasteiger partial charge in [0.05, 0.1) is 0 Å². The zero-order chi connectivity index (χ0) is 16.9. The zero-order valence-corrected chi connectivity index (χ0v) is 15.0. The maximum Gasteiger partial charge on any atom is 0.119 e. The molecular weight excluding hydrogens is 280 g/mol. The Morgan fingerprint density at radius 1 is 0.826 bits per heavy atom.